The summed E-state index contributed by atoms with van der Waals surface area (Å²) in [5.41, 5.74) is 1.18. The van der Waals surface area contributed by atoms with Gasteiger partial charge in [0.15, 0.2) is 11.7 Å². The van der Waals surface area contributed by atoms with Crippen LogP contribution in [-0.2, 0) is 4.79 Å². The van der Waals surface area contributed by atoms with Crippen LogP contribution < -0.4 is 9.47 Å². The third-order valence-corrected chi connectivity index (χ3v) is 3.70. The van der Waals surface area contributed by atoms with Crippen molar-refractivity contribution < 1.29 is 23.8 Å². The van der Waals surface area contributed by atoms with Gasteiger partial charge in [0.05, 0.1) is 0 Å². The molecule has 130 valence electrons. The molecule has 1 atom stereocenters. The summed E-state index contributed by atoms with van der Waals surface area (Å²) >= 11 is 5.91. The van der Waals surface area contributed by atoms with Crippen LogP contribution in [0.2, 0.25) is 5.02 Å². The zero-order valence-corrected chi connectivity index (χ0v) is 14.2. The molecule has 0 amide bonds. The number of oxazole rings is 1. The Hall–Kier alpha value is -2.73. The van der Waals surface area contributed by atoms with Crippen LogP contribution in [0.25, 0.3) is 11.1 Å². The fraction of sp³-hybridized carbons (Fsp3) is 0.222. The molecule has 7 heteroatoms. The van der Waals surface area contributed by atoms with Crippen molar-refractivity contribution in [2.24, 2.45) is 0 Å². The summed E-state index contributed by atoms with van der Waals surface area (Å²) in [7, 11) is 0. The van der Waals surface area contributed by atoms with Crippen LogP contribution in [-0.4, -0.2) is 22.2 Å². The van der Waals surface area contributed by atoms with Gasteiger partial charge in [0.1, 0.15) is 17.0 Å². The Morgan fingerprint density at radius 3 is 2.64 bits per heavy atom. The summed E-state index contributed by atoms with van der Waals surface area (Å²) in [6.07, 6.45) is 0.401. The topological polar surface area (TPSA) is 81.8 Å². The number of halogens is 1. The summed E-state index contributed by atoms with van der Waals surface area (Å²) in [5, 5.41) is 9.68. The number of aromatic nitrogens is 1. The van der Waals surface area contributed by atoms with Crippen molar-refractivity contribution in [2.45, 2.75) is 25.9 Å². The lowest BCUT2D eigenvalue weighted by atomic mass is 10.2. The largest absolute Gasteiger partial charge is 0.479 e. The van der Waals surface area contributed by atoms with E-state index in [4.69, 9.17) is 30.6 Å². The molecule has 6 nitrogen and oxygen atoms in total. The molecule has 1 heterocycles. The predicted molar refractivity (Wildman–Crippen MR) is 92.5 cm³/mol. The highest BCUT2D eigenvalue weighted by atomic mass is 35.5. The fourth-order valence-corrected chi connectivity index (χ4v) is 2.43. The van der Waals surface area contributed by atoms with E-state index in [1.807, 2.05) is 6.92 Å². The molecule has 0 aliphatic carbocycles. The standard InChI is InChI=1S/C18H16ClNO5/c1-2-3-15(17(21)22)23-12-5-7-13(8-6-12)24-18-20-14-9-4-11(19)10-16(14)25-18/h4-10,15H,2-3H2,1H3,(H,21,22). The van der Waals surface area contributed by atoms with E-state index in [0.717, 1.165) is 6.42 Å². The number of carbonyl (C=O) groups is 1. The molecule has 0 spiro atoms. The molecule has 0 radical (unpaired) electrons. The van der Waals surface area contributed by atoms with E-state index >= 15 is 0 Å². The van der Waals surface area contributed by atoms with E-state index in [-0.39, 0.29) is 6.08 Å². The number of carboxylic acids is 1. The normalized spacial score (nSPS) is 12.1. The molecule has 0 aliphatic heterocycles. The van der Waals surface area contributed by atoms with Crippen LogP contribution in [0.5, 0.6) is 17.6 Å². The Morgan fingerprint density at radius 1 is 1.24 bits per heavy atom. The second-order valence-corrected chi connectivity index (χ2v) is 5.84. The van der Waals surface area contributed by atoms with E-state index in [1.54, 1.807) is 42.5 Å². The highest BCUT2D eigenvalue weighted by Gasteiger charge is 2.18. The van der Waals surface area contributed by atoms with Gasteiger partial charge in [0.25, 0.3) is 0 Å². The first-order valence-corrected chi connectivity index (χ1v) is 8.16. The molecule has 25 heavy (non-hydrogen) atoms. The van der Waals surface area contributed by atoms with Crippen LogP contribution in [0.1, 0.15) is 19.8 Å². The average Bonchev–Trinajstić information content (AvgIpc) is 2.97. The Morgan fingerprint density at radius 2 is 1.96 bits per heavy atom. The molecule has 3 rings (SSSR count). The lowest BCUT2D eigenvalue weighted by molar-refractivity contribution is -0.145. The first-order chi connectivity index (χ1) is 12.0. The van der Waals surface area contributed by atoms with Crippen molar-refractivity contribution in [3.05, 3.63) is 47.5 Å². The molecule has 1 N–H and O–H groups in total. The lowest BCUT2D eigenvalue weighted by Gasteiger charge is -2.14. The van der Waals surface area contributed by atoms with Crippen molar-refractivity contribution in [2.75, 3.05) is 0 Å². The number of rotatable bonds is 7. The predicted octanol–water partition coefficient (Wildman–Crippen LogP) is 4.91. The molecule has 0 aliphatic rings. The van der Waals surface area contributed by atoms with E-state index in [9.17, 15) is 4.79 Å². The number of aliphatic carboxylic acids is 1. The molecule has 0 fully saturated rings. The first-order valence-electron chi connectivity index (χ1n) is 7.78. The highest BCUT2D eigenvalue weighted by Crippen LogP contribution is 2.28. The molecule has 3 aromatic rings. The zero-order valence-electron chi connectivity index (χ0n) is 13.4. The monoisotopic (exact) mass is 361 g/mol. The number of hydrogen-bond acceptors (Lipinski definition) is 5. The summed E-state index contributed by atoms with van der Waals surface area (Å²) < 4.78 is 16.5. The maximum Gasteiger partial charge on any atom is 0.400 e. The van der Waals surface area contributed by atoms with Gasteiger partial charge in [-0.1, -0.05) is 24.9 Å². The van der Waals surface area contributed by atoms with Crippen LogP contribution in [0.15, 0.2) is 46.9 Å². The summed E-state index contributed by atoms with van der Waals surface area (Å²) in [5.74, 6) is -0.0303. The summed E-state index contributed by atoms with van der Waals surface area (Å²) in [6, 6.07) is 11.7. The van der Waals surface area contributed by atoms with E-state index in [0.29, 0.717) is 34.0 Å². The van der Waals surface area contributed by atoms with Gasteiger partial charge in [-0.2, -0.15) is 4.98 Å². The quantitative estimate of drug-likeness (QED) is 0.644. The lowest BCUT2D eigenvalue weighted by Crippen LogP contribution is -2.26. The van der Waals surface area contributed by atoms with Gasteiger partial charge in [0, 0.05) is 11.1 Å². The number of ether oxygens (including phenoxy) is 2. The SMILES string of the molecule is CCCC(Oc1ccc(Oc2nc3ccc(Cl)cc3o2)cc1)C(=O)O. The summed E-state index contributed by atoms with van der Waals surface area (Å²) in [4.78, 5) is 15.3. The molecular weight excluding hydrogens is 346 g/mol. The van der Waals surface area contributed by atoms with Gasteiger partial charge < -0.3 is 19.0 Å². The third kappa shape index (κ3) is 4.22. The van der Waals surface area contributed by atoms with Gasteiger partial charge in [-0.05, 0) is 42.8 Å². The molecule has 1 unspecified atom stereocenters. The third-order valence-electron chi connectivity index (χ3n) is 3.46. The van der Waals surface area contributed by atoms with Crippen molar-refractivity contribution in [3.63, 3.8) is 0 Å². The average molecular weight is 362 g/mol. The Bertz CT molecular complexity index is 875. The van der Waals surface area contributed by atoms with Crippen LogP contribution in [0.3, 0.4) is 0 Å². The second-order valence-electron chi connectivity index (χ2n) is 5.40. The van der Waals surface area contributed by atoms with Crippen molar-refractivity contribution in [3.8, 4) is 17.6 Å². The maximum atomic E-state index is 11.1. The van der Waals surface area contributed by atoms with Gasteiger partial charge in [-0.15, -0.1) is 0 Å². The summed E-state index contributed by atoms with van der Waals surface area (Å²) in [6.45, 7) is 1.91. The van der Waals surface area contributed by atoms with Crippen LogP contribution in [0, 0.1) is 0 Å². The smallest absolute Gasteiger partial charge is 0.400 e. The second kappa shape index (κ2) is 7.44. The number of carboxylic acid groups (broad SMARTS) is 1. The fourth-order valence-electron chi connectivity index (χ4n) is 2.27. The first kappa shape index (κ1) is 17.1. The van der Waals surface area contributed by atoms with Crippen LogP contribution >= 0.6 is 11.6 Å². The van der Waals surface area contributed by atoms with E-state index in [1.165, 1.54) is 0 Å². The number of benzene rings is 2. The van der Waals surface area contributed by atoms with Crippen molar-refractivity contribution in [1.29, 1.82) is 0 Å². The van der Waals surface area contributed by atoms with Crippen LogP contribution in [0.4, 0.5) is 0 Å². The molecule has 0 bridgehead atoms. The van der Waals surface area contributed by atoms with E-state index < -0.39 is 12.1 Å². The van der Waals surface area contributed by atoms with Crippen molar-refractivity contribution >= 4 is 28.7 Å². The number of fused-ring (bicyclic) bond motifs is 1. The molecular formula is C18H16ClNO5. The number of nitrogens with zero attached hydrogens (tertiary/aromatic N) is 1. The minimum Gasteiger partial charge on any atom is -0.479 e. The molecule has 0 saturated heterocycles. The van der Waals surface area contributed by atoms with Gasteiger partial charge >= 0.3 is 12.0 Å². The molecule has 1 aromatic heterocycles. The minimum absolute atomic E-state index is 0.0975. The minimum atomic E-state index is -0.979. The molecule has 0 saturated carbocycles. The maximum absolute atomic E-state index is 11.1. The number of hydrogen-bond donors (Lipinski definition) is 1. The van der Waals surface area contributed by atoms with Crippen molar-refractivity contribution in [1.82, 2.24) is 4.98 Å². The van der Waals surface area contributed by atoms with E-state index in [2.05, 4.69) is 4.98 Å². The van der Waals surface area contributed by atoms with Gasteiger partial charge in [-0.25, -0.2) is 4.79 Å². The zero-order chi connectivity index (χ0) is 17.8. The Kier molecular flexibility index (Phi) is 5.09. The Balaban J connectivity index is 1.70. The van der Waals surface area contributed by atoms with Gasteiger partial charge in [0.2, 0.25) is 0 Å². The highest BCUT2D eigenvalue weighted by molar-refractivity contribution is 6.31. The Labute approximate surface area is 148 Å². The van der Waals surface area contributed by atoms with Gasteiger partial charge in [-0.3, -0.25) is 0 Å². The molecule has 2 aromatic carbocycles.